The summed E-state index contributed by atoms with van der Waals surface area (Å²) < 4.78 is 5.34. The van der Waals surface area contributed by atoms with Crippen LogP contribution in [0.2, 0.25) is 0 Å². The summed E-state index contributed by atoms with van der Waals surface area (Å²) in [5, 5.41) is 8.58. The van der Waals surface area contributed by atoms with Crippen molar-refractivity contribution in [3.63, 3.8) is 0 Å². The van der Waals surface area contributed by atoms with E-state index in [1.165, 1.54) is 10.6 Å². The summed E-state index contributed by atoms with van der Waals surface area (Å²) in [6.45, 7) is 3.82. The van der Waals surface area contributed by atoms with Crippen LogP contribution in [0.15, 0.2) is 59.5 Å². The zero-order chi connectivity index (χ0) is 21.6. The lowest BCUT2D eigenvalue weighted by Gasteiger charge is -2.37. The van der Waals surface area contributed by atoms with Crippen molar-refractivity contribution in [2.24, 2.45) is 0 Å². The number of rotatable bonds is 7. The van der Waals surface area contributed by atoms with Crippen molar-refractivity contribution in [3.05, 3.63) is 65.1 Å². The predicted molar refractivity (Wildman–Crippen MR) is 122 cm³/mol. The molecule has 0 aliphatic carbocycles. The highest BCUT2D eigenvalue weighted by Gasteiger charge is 2.36. The Labute approximate surface area is 185 Å². The molecule has 7 nitrogen and oxygen atoms in total. The fraction of sp³-hybridized carbons (Fsp3) is 0.304. The maximum Gasteiger partial charge on any atom is 0.294 e. The Morgan fingerprint density at radius 3 is 2.35 bits per heavy atom. The summed E-state index contributed by atoms with van der Waals surface area (Å²) in [4.78, 5) is 31.5. The van der Waals surface area contributed by atoms with Crippen LogP contribution in [0.3, 0.4) is 0 Å². The number of aliphatic hydroxyl groups is 1. The number of carbonyl (C=O) groups is 2. The van der Waals surface area contributed by atoms with E-state index in [4.69, 9.17) is 9.84 Å². The molecule has 8 heteroatoms. The summed E-state index contributed by atoms with van der Waals surface area (Å²) in [7, 11) is 0. The molecule has 0 bridgehead atoms. The molecule has 0 spiro atoms. The molecule has 2 fully saturated rings. The molecular weight excluding hydrogens is 414 g/mol. The van der Waals surface area contributed by atoms with Gasteiger partial charge in [0, 0.05) is 31.9 Å². The maximum atomic E-state index is 12.8. The molecule has 2 amide bonds. The molecule has 4 rings (SSSR count). The first-order chi connectivity index (χ1) is 15.1. The summed E-state index contributed by atoms with van der Waals surface area (Å²) in [5.74, 6) is 0.398. The van der Waals surface area contributed by atoms with Gasteiger partial charge in [0.25, 0.3) is 11.1 Å². The molecule has 31 heavy (non-hydrogen) atoms. The highest BCUT2D eigenvalue weighted by atomic mass is 32.2. The number of ether oxygens (including phenoxy) is 1. The molecule has 2 aromatic carbocycles. The molecule has 2 heterocycles. The Morgan fingerprint density at radius 1 is 0.968 bits per heavy atom. The fourth-order valence-corrected chi connectivity index (χ4v) is 4.41. The highest BCUT2D eigenvalue weighted by molar-refractivity contribution is 8.18. The Bertz CT molecular complexity index is 941. The SMILES string of the molecule is O=C1SC(=Cc2ccc(OCCO)cc2)C(=O)N1CN1CCN(c2ccccc2)CC1. The number of nitrogens with zero attached hydrogens (tertiary/aromatic N) is 3. The number of amides is 2. The van der Waals surface area contributed by atoms with Crippen LogP contribution in [-0.4, -0.2) is 72.1 Å². The number of hydrogen-bond acceptors (Lipinski definition) is 7. The number of benzene rings is 2. The average molecular weight is 440 g/mol. The van der Waals surface area contributed by atoms with E-state index in [9.17, 15) is 9.59 Å². The van der Waals surface area contributed by atoms with E-state index in [-0.39, 0.29) is 24.4 Å². The number of carbonyl (C=O) groups excluding carboxylic acids is 2. The monoisotopic (exact) mass is 439 g/mol. The molecule has 0 atom stereocenters. The Kier molecular flexibility index (Phi) is 6.91. The van der Waals surface area contributed by atoms with E-state index in [1.54, 1.807) is 18.2 Å². The smallest absolute Gasteiger partial charge is 0.294 e. The molecular formula is C23H25N3O4S. The standard InChI is InChI=1S/C23H25N3O4S/c27-14-15-30-20-8-6-18(7-9-20)16-21-22(28)26(23(29)31-21)17-24-10-12-25(13-11-24)19-4-2-1-3-5-19/h1-9,16,27H,10-15,17H2. The number of anilines is 1. The molecule has 0 radical (unpaired) electrons. The third-order valence-corrected chi connectivity index (χ3v) is 6.15. The lowest BCUT2D eigenvalue weighted by atomic mass is 10.2. The largest absolute Gasteiger partial charge is 0.491 e. The second-order valence-corrected chi connectivity index (χ2v) is 8.33. The highest BCUT2D eigenvalue weighted by Crippen LogP contribution is 2.32. The summed E-state index contributed by atoms with van der Waals surface area (Å²) >= 11 is 0.978. The van der Waals surface area contributed by atoms with Crippen LogP contribution < -0.4 is 9.64 Å². The summed E-state index contributed by atoms with van der Waals surface area (Å²) in [5.41, 5.74) is 2.02. The average Bonchev–Trinajstić information content (AvgIpc) is 3.07. The van der Waals surface area contributed by atoms with Gasteiger partial charge in [0.05, 0.1) is 18.2 Å². The van der Waals surface area contributed by atoms with Crippen LogP contribution in [0.25, 0.3) is 6.08 Å². The van der Waals surface area contributed by atoms with Gasteiger partial charge in [-0.05, 0) is 47.7 Å². The predicted octanol–water partition coefficient (Wildman–Crippen LogP) is 2.87. The normalized spacial score (nSPS) is 18.8. The van der Waals surface area contributed by atoms with Gasteiger partial charge in [-0.25, -0.2) is 0 Å². The second-order valence-electron chi connectivity index (χ2n) is 7.33. The van der Waals surface area contributed by atoms with Crippen molar-refractivity contribution >= 4 is 34.7 Å². The van der Waals surface area contributed by atoms with Gasteiger partial charge in [0.1, 0.15) is 12.4 Å². The number of aliphatic hydroxyl groups excluding tert-OH is 1. The first-order valence-electron chi connectivity index (χ1n) is 10.3. The zero-order valence-electron chi connectivity index (χ0n) is 17.1. The van der Waals surface area contributed by atoms with Crippen molar-refractivity contribution in [2.45, 2.75) is 0 Å². The van der Waals surface area contributed by atoms with E-state index in [0.29, 0.717) is 17.3 Å². The van der Waals surface area contributed by atoms with E-state index < -0.39 is 0 Å². The third-order valence-electron chi connectivity index (χ3n) is 5.25. The molecule has 1 N–H and O–H groups in total. The van der Waals surface area contributed by atoms with E-state index >= 15 is 0 Å². The number of imide groups is 1. The van der Waals surface area contributed by atoms with Crippen LogP contribution in [-0.2, 0) is 4.79 Å². The van der Waals surface area contributed by atoms with Gasteiger partial charge in [-0.1, -0.05) is 30.3 Å². The van der Waals surface area contributed by atoms with E-state index in [1.807, 2.05) is 30.3 Å². The van der Waals surface area contributed by atoms with Gasteiger partial charge in [0.2, 0.25) is 0 Å². The van der Waals surface area contributed by atoms with Crippen LogP contribution in [0.1, 0.15) is 5.56 Å². The molecule has 0 unspecified atom stereocenters. The minimum absolute atomic E-state index is 0.0454. The summed E-state index contributed by atoms with van der Waals surface area (Å²) in [6.07, 6.45) is 1.73. The molecule has 2 aliphatic rings. The van der Waals surface area contributed by atoms with Crippen LogP contribution >= 0.6 is 11.8 Å². The van der Waals surface area contributed by atoms with E-state index in [0.717, 1.165) is 43.5 Å². The molecule has 0 aromatic heterocycles. The number of hydrogen-bond donors (Lipinski definition) is 1. The lowest BCUT2D eigenvalue weighted by molar-refractivity contribution is -0.124. The van der Waals surface area contributed by atoms with Gasteiger partial charge in [0.15, 0.2) is 0 Å². The summed E-state index contributed by atoms with van der Waals surface area (Å²) in [6, 6.07) is 17.5. The van der Waals surface area contributed by atoms with Crippen molar-refractivity contribution in [1.82, 2.24) is 9.80 Å². The third kappa shape index (κ3) is 5.28. The topological polar surface area (TPSA) is 73.3 Å². The first-order valence-corrected chi connectivity index (χ1v) is 11.1. The molecule has 2 aromatic rings. The fourth-order valence-electron chi connectivity index (χ4n) is 3.58. The van der Waals surface area contributed by atoms with Gasteiger partial charge >= 0.3 is 0 Å². The van der Waals surface area contributed by atoms with Crippen molar-refractivity contribution in [1.29, 1.82) is 0 Å². The zero-order valence-corrected chi connectivity index (χ0v) is 18.0. The lowest BCUT2D eigenvalue weighted by Crippen LogP contribution is -2.50. The van der Waals surface area contributed by atoms with Crippen LogP contribution in [0.5, 0.6) is 5.75 Å². The second kappa shape index (κ2) is 10.00. The minimum Gasteiger partial charge on any atom is -0.491 e. The minimum atomic E-state index is -0.249. The first kappa shape index (κ1) is 21.4. The maximum absolute atomic E-state index is 12.8. The van der Waals surface area contributed by atoms with Crippen LogP contribution in [0, 0.1) is 0 Å². The molecule has 0 saturated carbocycles. The van der Waals surface area contributed by atoms with Crippen LogP contribution in [0.4, 0.5) is 10.5 Å². The number of thioether (sulfide) groups is 1. The molecule has 162 valence electrons. The molecule has 2 aliphatic heterocycles. The number of piperazine rings is 1. The molecule has 2 saturated heterocycles. The Morgan fingerprint density at radius 2 is 1.68 bits per heavy atom. The van der Waals surface area contributed by atoms with Crippen molar-refractivity contribution < 1.29 is 19.4 Å². The quantitative estimate of drug-likeness (QED) is 0.665. The van der Waals surface area contributed by atoms with Crippen molar-refractivity contribution in [2.75, 3.05) is 51.0 Å². The Balaban J connectivity index is 1.34. The van der Waals surface area contributed by atoms with Gasteiger partial charge in [-0.3, -0.25) is 19.4 Å². The Hall–Kier alpha value is -2.81. The van der Waals surface area contributed by atoms with Gasteiger partial charge < -0.3 is 14.7 Å². The van der Waals surface area contributed by atoms with Gasteiger partial charge in [-0.2, -0.15) is 0 Å². The van der Waals surface area contributed by atoms with Gasteiger partial charge in [-0.15, -0.1) is 0 Å². The van der Waals surface area contributed by atoms with Crippen molar-refractivity contribution in [3.8, 4) is 5.75 Å². The van der Waals surface area contributed by atoms with E-state index in [2.05, 4.69) is 21.9 Å². The number of para-hydroxylation sites is 1.